The molecule has 0 saturated carbocycles. The molecular formula is C57H74N8O22S. The molecule has 3 aliphatic rings. The van der Waals surface area contributed by atoms with E-state index < -0.39 is 192 Å². The molecule has 7 rings (SSSR count). The molecule has 3 aliphatic heterocycles. The SMILES string of the molecule is CCCCCOc1ccc(-c2cc(-c3ccc(C(=O)N[C@@H]4CC[C@@H]([C@@H](C)O)C(=O)N5C[C@H](O)C[C@H]5C(=O)N[C@@H]([C@H](O)[C@@H](O)c5ccc(O)c(OS(=O)(=O)O)c5)C(=O)N[C@@H]([C@H](O)CC(N)=O)C(=O)N5C[C@H](C)[C@H](O)[C@H]5C(=O)N[C@H](O)[C@H](O)C4)cc3)no2)cc1. The lowest BCUT2D eigenvalue weighted by molar-refractivity contribution is -0.149. The molecule has 3 aromatic carbocycles. The third-order valence-corrected chi connectivity index (χ3v) is 16.0. The van der Waals surface area contributed by atoms with Crippen LogP contribution in [0.3, 0.4) is 0 Å². The van der Waals surface area contributed by atoms with Gasteiger partial charge in [-0.1, -0.05) is 50.0 Å². The standard InChI is InChI=1S/C57H74N8O22S/c1-4-5-6-19-85-35-15-11-30(12-16-35)42-23-37(63-86-42)29-7-9-31(10-8-29)51(75)59-33-14-17-36(28(3)66)56(80)64-26-34(67)22-38(64)52(76)61-46(50(74)49(73)32-13-18-39(68)43(20-32)87-88(82,83)84)54(78)60-45(40(69)24-44(58)71)57(81)65-25-27(2)48(72)47(65)55(79)62-53(77)41(70)21-33/h7-13,15-16,18,20,23,27-28,33-34,36,38,40-41,45-50,53,66-70,72-74,77H,4-6,14,17,19,21-22,24-26H2,1-3H3,(H2,58,71)(H,59,75)(H,60,78)(H,61,76)(H,62,79)(H,82,83,84)/t27-,28+,33+,34+,36-,38-,40+,41+,45-,46-,47-,48-,49-,50-,53+/m0/s1. The number of carbonyl (C=O) groups is 7. The number of fused-ring (bicyclic) bond motifs is 2. The van der Waals surface area contributed by atoms with Gasteiger partial charge in [0.05, 0.1) is 43.4 Å². The van der Waals surface area contributed by atoms with Gasteiger partial charge in [-0.25, -0.2) is 0 Å². The molecule has 0 bridgehead atoms. The summed E-state index contributed by atoms with van der Waals surface area (Å²) in [6.07, 6.45) is -16.1. The average molecular weight is 1260 g/mol. The van der Waals surface area contributed by atoms with Gasteiger partial charge in [0.2, 0.25) is 35.4 Å². The van der Waals surface area contributed by atoms with Gasteiger partial charge in [-0.05, 0) is 86.7 Å². The molecule has 0 unspecified atom stereocenters. The molecule has 30 nitrogen and oxygen atoms in total. The molecular weight excluding hydrogens is 1180 g/mol. The van der Waals surface area contributed by atoms with Crippen molar-refractivity contribution in [2.75, 3.05) is 19.7 Å². The zero-order valence-corrected chi connectivity index (χ0v) is 48.9. The number of phenols is 1. The number of hydrogen-bond acceptors (Lipinski definition) is 22. The van der Waals surface area contributed by atoms with Gasteiger partial charge >= 0.3 is 10.4 Å². The predicted octanol–water partition coefficient (Wildman–Crippen LogP) is -1.99. The lowest BCUT2D eigenvalue weighted by Crippen LogP contribution is -2.64. The van der Waals surface area contributed by atoms with Crippen molar-refractivity contribution in [1.29, 1.82) is 0 Å². The number of primary amides is 1. The summed E-state index contributed by atoms with van der Waals surface area (Å²) in [6.45, 7) is 4.23. The second-order valence-corrected chi connectivity index (χ2v) is 23.3. The molecule has 0 spiro atoms. The molecule has 88 heavy (non-hydrogen) atoms. The van der Waals surface area contributed by atoms with E-state index in [1.807, 2.05) is 24.3 Å². The predicted molar refractivity (Wildman–Crippen MR) is 305 cm³/mol. The number of phenolic OH excluding ortho intramolecular Hbond substituents is 1. The van der Waals surface area contributed by atoms with Gasteiger partial charge in [0.15, 0.2) is 23.5 Å². The molecule has 3 fully saturated rings. The number of nitrogens with one attached hydrogen (secondary N) is 4. The molecule has 0 aliphatic carbocycles. The zero-order chi connectivity index (χ0) is 64.5. The summed E-state index contributed by atoms with van der Waals surface area (Å²) in [5, 5.41) is 115. The Labute approximate surface area is 504 Å². The number of amides is 7. The van der Waals surface area contributed by atoms with Crippen LogP contribution in [0.4, 0.5) is 0 Å². The van der Waals surface area contributed by atoms with Gasteiger partial charge in [0.25, 0.3) is 5.91 Å². The summed E-state index contributed by atoms with van der Waals surface area (Å²) in [5.41, 5.74) is 6.59. The first-order valence-corrected chi connectivity index (χ1v) is 29.8. The number of rotatable bonds is 18. The first kappa shape index (κ1) is 67.7. The third-order valence-electron chi connectivity index (χ3n) is 15.6. The Morgan fingerprint density at radius 1 is 0.818 bits per heavy atom. The number of aliphatic hydroxyl groups is 8. The van der Waals surface area contributed by atoms with Crippen LogP contribution >= 0.6 is 0 Å². The molecule has 31 heteroatoms. The van der Waals surface area contributed by atoms with Crippen LogP contribution in [0.25, 0.3) is 22.6 Å². The summed E-state index contributed by atoms with van der Waals surface area (Å²) in [5.74, 6) is -11.9. The molecule has 3 saturated heterocycles. The van der Waals surface area contributed by atoms with Gasteiger partial charge in [-0.2, -0.15) is 8.42 Å². The van der Waals surface area contributed by atoms with Gasteiger partial charge in [-0.15, -0.1) is 0 Å². The lowest BCUT2D eigenvalue weighted by atomic mass is 9.91. The van der Waals surface area contributed by atoms with Crippen LogP contribution < -0.4 is 35.9 Å². The van der Waals surface area contributed by atoms with Crippen molar-refractivity contribution in [3.05, 3.63) is 83.9 Å². The maximum atomic E-state index is 14.7. The van der Waals surface area contributed by atoms with Crippen LogP contribution in [0.5, 0.6) is 17.2 Å². The highest BCUT2D eigenvalue weighted by Gasteiger charge is 2.50. The number of aromatic hydroxyl groups is 1. The van der Waals surface area contributed by atoms with E-state index in [4.69, 9.17) is 15.0 Å². The molecule has 4 heterocycles. The van der Waals surface area contributed by atoms with E-state index in [9.17, 15) is 92.5 Å². The number of nitrogens with zero attached hydrogens (tertiary/aromatic N) is 3. The summed E-state index contributed by atoms with van der Waals surface area (Å²) in [7, 11) is -5.33. The van der Waals surface area contributed by atoms with Crippen molar-refractivity contribution in [2.24, 2.45) is 17.6 Å². The van der Waals surface area contributed by atoms with Crippen LogP contribution in [0.2, 0.25) is 0 Å². The zero-order valence-electron chi connectivity index (χ0n) is 48.1. The van der Waals surface area contributed by atoms with Gasteiger partial charge in [0.1, 0.15) is 53.9 Å². The van der Waals surface area contributed by atoms with Crippen LogP contribution in [0.15, 0.2) is 77.3 Å². The molecule has 1 aromatic heterocycles. The van der Waals surface area contributed by atoms with Crippen molar-refractivity contribution >= 4 is 51.7 Å². The Hall–Kier alpha value is -7.85. The topological polar surface area (TPSA) is 481 Å². The number of nitrogens with two attached hydrogens (primary N) is 1. The minimum absolute atomic E-state index is 0.0759. The van der Waals surface area contributed by atoms with Crippen molar-refractivity contribution in [1.82, 2.24) is 36.2 Å². The fourth-order valence-electron chi connectivity index (χ4n) is 10.8. The number of aliphatic hydroxyl groups excluding tert-OH is 8. The van der Waals surface area contributed by atoms with Crippen LogP contribution in [-0.4, -0.2) is 208 Å². The van der Waals surface area contributed by atoms with Crippen molar-refractivity contribution in [3.63, 3.8) is 0 Å². The second kappa shape index (κ2) is 29.4. The minimum atomic E-state index is -5.33. The Balaban J connectivity index is 1.21. The van der Waals surface area contributed by atoms with Crippen LogP contribution in [-0.2, 0) is 39.2 Å². The smallest absolute Gasteiger partial charge is 0.446 e. The summed E-state index contributed by atoms with van der Waals surface area (Å²) in [4.78, 5) is 101. The largest absolute Gasteiger partial charge is 0.504 e. The molecule has 480 valence electrons. The Bertz CT molecular complexity index is 3240. The molecule has 16 N–H and O–H groups in total. The number of ether oxygens (including phenoxy) is 1. The van der Waals surface area contributed by atoms with E-state index in [0.29, 0.717) is 40.3 Å². The number of benzene rings is 3. The Morgan fingerprint density at radius 2 is 1.49 bits per heavy atom. The number of carbonyl (C=O) groups excluding carboxylic acids is 7. The first-order valence-electron chi connectivity index (χ1n) is 28.4. The summed E-state index contributed by atoms with van der Waals surface area (Å²) >= 11 is 0. The number of unbranched alkanes of at least 4 members (excludes halogenated alkanes) is 2. The van der Waals surface area contributed by atoms with Crippen LogP contribution in [0, 0.1) is 11.8 Å². The third kappa shape index (κ3) is 16.9. The fraction of sp³-hybridized carbons (Fsp3) is 0.509. The van der Waals surface area contributed by atoms with E-state index in [-0.39, 0.29) is 18.4 Å². The van der Waals surface area contributed by atoms with Gasteiger partial charge < -0.3 is 96.2 Å². The van der Waals surface area contributed by atoms with Gasteiger partial charge in [-0.3, -0.25) is 38.1 Å². The van der Waals surface area contributed by atoms with E-state index in [2.05, 4.69) is 37.5 Å². The normalized spacial score (nSPS) is 26.7. The Kier molecular flexibility index (Phi) is 22.6. The van der Waals surface area contributed by atoms with E-state index in [0.717, 1.165) is 41.9 Å². The molecule has 4 aromatic rings. The number of aromatic nitrogens is 1. The monoisotopic (exact) mass is 1250 g/mol. The summed E-state index contributed by atoms with van der Waals surface area (Å²) in [6, 6.07) is 7.48. The highest BCUT2D eigenvalue weighted by Crippen LogP contribution is 2.34. The first-order chi connectivity index (χ1) is 41.5. The Morgan fingerprint density at radius 3 is 2.14 bits per heavy atom. The van der Waals surface area contributed by atoms with Crippen LogP contribution in [0.1, 0.15) is 94.2 Å². The molecule has 15 atom stereocenters. The second-order valence-electron chi connectivity index (χ2n) is 22.3. The quantitative estimate of drug-likeness (QED) is 0.0379. The highest BCUT2D eigenvalue weighted by atomic mass is 32.3. The molecule has 7 amide bonds. The fourth-order valence-corrected chi connectivity index (χ4v) is 11.1. The summed E-state index contributed by atoms with van der Waals surface area (Å²) < 4.78 is 48.2. The van der Waals surface area contributed by atoms with E-state index >= 15 is 0 Å². The van der Waals surface area contributed by atoms with E-state index in [1.165, 1.54) is 26.0 Å². The lowest BCUT2D eigenvalue weighted by Gasteiger charge is -2.34. The van der Waals surface area contributed by atoms with Crippen molar-refractivity contribution in [2.45, 2.75) is 151 Å². The van der Waals surface area contributed by atoms with Gasteiger partial charge in [0, 0.05) is 54.2 Å². The average Bonchev–Trinajstić information content (AvgIpc) is 2.71. The maximum Gasteiger partial charge on any atom is 0.446 e. The van der Waals surface area contributed by atoms with E-state index in [1.54, 1.807) is 18.2 Å². The number of hydrogen-bond donors (Lipinski definition) is 15. The van der Waals surface area contributed by atoms with Crippen molar-refractivity contribution < 1.29 is 106 Å². The molecule has 0 radical (unpaired) electrons. The maximum absolute atomic E-state index is 14.7. The minimum Gasteiger partial charge on any atom is -0.504 e. The highest BCUT2D eigenvalue weighted by molar-refractivity contribution is 7.81. The van der Waals surface area contributed by atoms with Crippen molar-refractivity contribution in [3.8, 4) is 39.8 Å².